The minimum absolute atomic E-state index is 0.0520. The predicted molar refractivity (Wildman–Crippen MR) is 74.0 cm³/mol. The van der Waals surface area contributed by atoms with E-state index in [2.05, 4.69) is 4.74 Å². The van der Waals surface area contributed by atoms with Gasteiger partial charge in [0.15, 0.2) is 0 Å². The Labute approximate surface area is 122 Å². The SMILES string of the molecule is NC1CCCC1C1(c2ccccc2OC(F)(F)F)CCC1. The molecule has 1 aromatic carbocycles. The summed E-state index contributed by atoms with van der Waals surface area (Å²) >= 11 is 0. The van der Waals surface area contributed by atoms with Crippen LogP contribution in [0.5, 0.6) is 5.75 Å². The third-order valence-electron chi connectivity index (χ3n) is 5.17. The molecule has 2 atom stereocenters. The third-order valence-corrected chi connectivity index (χ3v) is 5.17. The van der Waals surface area contributed by atoms with E-state index in [0.29, 0.717) is 5.56 Å². The first-order chi connectivity index (χ1) is 9.92. The van der Waals surface area contributed by atoms with Crippen molar-refractivity contribution in [2.75, 3.05) is 0 Å². The zero-order valence-corrected chi connectivity index (χ0v) is 11.8. The van der Waals surface area contributed by atoms with Crippen molar-refractivity contribution in [3.05, 3.63) is 29.8 Å². The highest BCUT2D eigenvalue weighted by molar-refractivity contribution is 5.42. The van der Waals surface area contributed by atoms with Gasteiger partial charge in [-0.15, -0.1) is 13.2 Å². The molecule has 2 unspecified atom stereocenters. The van der Waals surface area contributed by atoms with Crippen LogP contribution in [-0.2, 0) is 5.41 Å². The maximum absolute atomic E-state index is 12.6. The second kappa shape index (κ2) is 5.20. The minimum atomic E-state index is -4.65. The summed E-state index contributed by atoms with van der Waals surface area (Å²) < 4.78 is 42.2. The van der Waals surface area contributed by atoms with E-state index in [9.17, 15) is 13.2 Å². The number of alkyl halides is 3. The van der Waals surface area contributed by atoms with Gasteiger partial charge < -0.3 is 10.5 Å². The van der Waals surface area contributed by atoms with Crippen molar-refractivity contribution in [3.8, 4) is 5.75 Å². The number of halogens is 3. The highest BCUT2D eigenvalue weighted by Crippen LogP contribution is 2.56. The van der Waals surface area contributed by atoms with E-state index >= 15 is 0 Å². The van der Waals surface area contributed by atoms with Crippen LogP contribution in [0.2, 0.25) is 0 Å². The fourth-order valence-electron chi connectivity index (χ4n) is 4.16. The quantitative estimate of drug-likeness (QED) is 0.910. The molecule has 0 bridgehead atoms. The molecular formula is C16H20F3NO. The van der Waals surface area contributed by atoms with Gasteiger partial charge in [-0.1, -0.05) is 31.0 Å². The number of ether oxygens (including phenoxy) is 1. The average Bonchev–Trinajstić information content (AvgIpc) is 2.75. The van der Waals surface area contributed by atoms with Gasteiger partial charge in [0.1, 0.15) is 5.75 Å². The molecule has 0 aromatic heterocycles. The molecule has 21 heavy (non-hydrogen) atoms. The zero-order chi connectivity index (χ0) is 15.1. The molecule has 3 rings (SSSR count). The van der Waals surface area contributed by atoms with Crippen LogP contribution in [0.1, 0.15) is 44.1 Å². The van der Waals surface area contributed by atoms with Crippen LogP contribution in [0.3, 0.4) is 0 Å². The summed E-state index contributed by atoms with van der Waals surface area (Å²) in [7, 11) is 0. The molecular weight excluding hydrogens is 279 g/mol. The van der Waals surface area contributed by atoms with Gasteiger partial charge in [0.2, 0.25) is 0 Å². The van der Waals surface area contributed by atoms with Gasteiger partial charge in [-0.2, -0.15) is 0 Å². The molecule has 2 aliphatic rings. The summed E-state index contributed by atoms with van der Waals surface area (Å²) in [5.41, 5.74) is 6.69. The summed E-state index contributed by atoms with van der Waals surface area (Å²) in [6, 6.07) is 6.67. The molecule has 2 aliphatic carbocycles. The molecule has 0 spiro atoms. The Morgan fingerprint density at radius 2 is 1.81 bits per heavy atom. The lowest BCUT2D eigenvalue weighted by atomic mass is 9.56. The zero-order valence-electron chi connectivity index (χ0n) is 11.8. The van der Waals surface area contributed by atoms with Crippen molar-refractivity contribution >= 4 is 0 Å². The molecule has 0 amide bonds. The molecule has 2 nitrogen and oxygen atoms in total. The lowest BCUT2D eigenvalue weighted by Gasteiger charge is -2.49. The summed E-state index contributed by atoms with van der Waals surface area (Å²) in [4.78, 5) is 0. The Morgan fingerprint density at radius 1 is 1.10 bits per heavy atom. The lowest BCUT2D eigenvalue weighted by Crippen LogP contribution is -2.47. The molecule has 116 valence electrons. The molecule has 2 saturated carbocycles. The van der Waals surface area contributed by atoms with Crippen LogP contribution in [-0.4, -0.2) is 12.4 Å². The monoisotopic (exact) mass is 299 g/mol. The second-order valence-corrected chi connectivity index (χ2v) is 6.25. The highest BCUT2D eigenvalue weighted by Gasteiger charge is 2.50. The van der Waals surface area contributed by atoms with Crippen LogP contribution >= 0.6 is 0 Å². The number of hydrogen-bond donors (Lipinski definition) is 1. The van der Waals surface area contributed by atoms with E-state index in [4.69, 9.17) is 5.73 Å². The maximum Gasteiger partial charge on any atom is 0.573 e. The van der Waals surface area contributed by atoms with Crippen LogP contribution in [0.15, 0.2) is 24.3 Å². The van der Waals surface area contributed by atoms with Crippen LogP contribution in [0, 0.1) is 5.92 Å². The number of nitrogens with two attached hydrogens (primary N) is 1. The molecule has 2 N–H and O–H groups in total. The Bertz CT molecular complexity index is 510. The third kappa shape index (κ3) is 2.63. The molecule has 5 heteroatoms. The van der Waals surface area contributed by atoms with E-state index in [1.54, 1.807) is 18.2 Å². The summed E-state index contributed by atoms with van der Waals surface area (Å²) in [5.74, 6) is 0.216. The first kappa shape index (κ1) is 14.7. The Morgan fingerprint density at radius 3 is 2.33 bits per heavy atom. The predicted octanol–water partition coefficient (Wildman–Crippen LogP) is 4.13. The smallest absolute Gasteiger partial charge is 0.405 e. The van der Waals surface area contributed by atoms with Gasteiger partial charge in [-0.3, -0.25) is 0 Å². The number of hydrogen-bond acceptors (Lipinski definition) is 2. The van der Waals surface area contributed by atoms with Crippen LogP contribution in [0.25, 0.3) is 0 Å². The van der Waals surface area contributed by atoms with Crippen molar-refractivity contribution in [3.63, 3.8) is 0 Å². The molecule has 1 aromatic rings. The fraction of sp³-hybridized carbons (Fsp3) is 0.625. The van der Waals surface area contributed by atoms with E-state index in [1.165, 1.54) is 6.07 Å². The van der Waals surface area contributed by atoms with Gasteiger partial charge in [-0.25, -0.2) is 0 Å². The number of para-hydroxylation sites is 1. The van der Waals surface area contributed by atoms with Crippen molar-refractivity contribution in [1.82, 2.24) is 0 Å². The lowest BCUT2D eigenvalue weighted by molar-refractivity contribution is -0.275. The van der Waals surface area contributed by atoms with Crippen molar-refractivity contribution in [2.24, 2.45) is 11.7 Å². The first-order valence-electron chi connectivity index (χ1n) is 7.53. The summed E-state index contributed by atoms with van der Waals surface area (Å²) in [5, 5.41) is 0. The van der Waals surface area contributed by atoms with Gasteiger partial charge in [0.05, 0.1) is 0 Å². The van der Waals surface area contributed by atoms with Crippen LogP contribution < -0.4 is 10.5 Å². The average molecular weight is 299 g/mol. The first-order valence-corrected chi connectivity index (χ1v) is 7.53. The molecule has 0 radical (unpaired) electrons. The van der Waals surface area contributed by atoms with E-state index in [1.807, 2.05) is 0 Å². The molecule has 0 aliphatic heterocycles. The van der Waals surface area contributed by atoms with E-state index in [0.717, 1.165) is 38.5 Å². The second-order valence-electron chi connectivity index (χ2n) is 6.25. The van der Waals surface area contributed by atoms with Gasteiger partial charge >= 0.3 is 6.36 Å². The maximum atomic E-state index is 12.6. The van der Waals surface area contributed by atoms with E-state index in [-0.39, 0.29) is 23.1 Å². The summed E-state index contributed by atoms with van der Waals surface area (Å²) in [6.07, 6.45) is 1.24. The Hall–Kier alpha value is -1.23. The standard InChI is InChI=1S/C16H20F3NO/c17-16(18,19)21-14-8-2-1-5-12(14)15(9-4-10-15)11-6-3-7-13(11)20/h1-2,5,8,11,13H,3-4,6-7,9-10,20H2. The molecule has 0 heterocycles. The summed E-state index contributed by atoms with van der Waals surface area (Å²) in [6.45, 7) is 0. The number of benzene rings is 1. The number of rotatable bonds is 3. The molecule has 2 fully saturated rings. The van der Waals surface area contributed by atoms with E-state index < -0.39 is 6.36 Å². The fourth-order valence-corrected chi connectivity index (χ4v) is 4.16. The van der Waals surface area contributed by atoms with Crippen molar-refractivity contribution < 1.29 is 17.9 Å². The normalized spacial score (nSPS) is 28.2. The van der Waals surface area contributed by atoms with Crippen LogP contribution in [0.4, 0.5) is 13.2 Å². The van der Waals surface area contributed by atoms with Gasteiger partial charge in [0, 0.05) is 17.0 Å². The van der Waals surface area contributed by atoms with Crippen molar-refractivity contribution in [2.45, 2.75) is 56.3 Å². The largest absolute Gasteiger partial charge is 0.573 e. The Balaban J connectivity index is 1.98. The van der Waals surface area contributed by atoms with Gasteiger partial charge in [-0.05, 0) is 37.7 Å². The Kier molecular flexibility index (Phi) is 3.64. The minimum Gasteiger partial charge on any atom is -0.405 e. The van der Waals surface area contributed by atoms with Gasteiger partial charge in [0.25, 0.3) is 0 Å². The highest BCUT2D eigenvalue weighted by atomic mass is 19.4. The topological polar surface area (TPSA) is 35.2 Å². The van der Waals surface area contributed by atoms with Crippen molar-refractivity contribution in [1.29, 1.82) is 0 Å². The molecule has 0 saturated heterocycles.